The number of benzene rings is 2. The summed E-state index contributed by atoms with van der Waals surface area (Å²) in [4.78, 5) is 22.8. The molecule has 0 aliphatic carbocycles. The van der Waals surface area contributed by atoms with E-state index >= 15 is 0 Å². The Bertz CT molecular complexity index is 1530. The van der Waals surface area contributed by atoms with Crippen LogP contribution in [0.3, 0.4) is 0 Å². The molecule has 1 aliphatic heterocycles. The summed E-state index contributed by atoms with van der Waals surface area (Å²) < 4.78 is 43.7. The number of imidazole rings is 1. The zero-order chi connectivity index (χ0) is 24.7. The summed E-state index contributed by atoms with van der Waals surface area (Å²) in [6.07, 6.45) is 3.90. The van der Waals surface area contributed by atoms with E-state index in [1.165, 1.54) is 18.2 Å². The lowest BCUT2D eigenvalue weighted by Crippen LogP contribution is -2.41. The average Bonchev–Trinajstić information content (AvgIpc) is 3.48. The highest BCUT2D eigenvalue weighted by atomic mass is 32.2. The number of carbonyl (C=O) groups is 1. The Labute approximate surface area is 201 Å². The molecule has 1 aliphatic rings. The number of rotatable bonds is 5. The number of anilines is 1. The maximum Gasteiger partial charge on any atom is 0.261 e. The van der Waals surface area contributed by atoms with Crippen LogP contribution in [0.25, 0.3) is 0 Å². The number of fused-ring (bicyclic) bond motifs is 1. The minimum absolute atomic E-state index is 0.198. The van der Waals surface area contributed by atoms with Crippen molar-refractivity contribution < 1.29 is 17.6 Å². The minimum Gasteiger partial charge on any atom is -0.348 e. The van der Waals surface area contributed by atoms with Crippen LogP contribution in [0.1, 0.15) is 39.0 Å². The fourth-order valence-corrected chi connectivity index (χ4v) is 5.34. The molecule has 3 heterocycles. The van der Waals surface area contributed by atoms with Crippen LogP contribution in [0.4, 0.5) is 10.1 Å². The third-order valence-corrected chi connectivity index (χ3v) is 7.52. The van der Waals surface area contributed by atoms with Gasteiger partial charge in [0, 0.05) is 43.2 Å². The molecule has 2 aromatic heterocycles. The molecule has 4 aromatic rings. The molecule has 5 rings (SSSR count). The summed E-state index contributed by atoms with van der Waals surface area (Å²) in [5.74, 6) is -0.881. The monoisotopic (exact) mass is 494 g/mol. The fraction of sp³-hybridized carbons (Fsp3) is 0.208. The summed E-state index contributed by atoms with van der Waals surface area (Å²) in [6.45, 7) is 2.00. The first-order chi connectivity index (χ1) is 16.7. The van der Waals surface area contributed by atoms with Gasteiger partial charge in [0.05, 0.1) is 22.6 Å². The number of halogens is 1. The van der Waals surface area contributed by atoms with Crippen LogP contribution in [0.5, 0.6) is 0 Å². The van der Waals surface area contributed by atoms with Crippen molar-refractivity contribution in [2.75, 3.05) is 11.3 Å². The van der Waals surface area contributed by atoms with Crippen LogP contribution in [0.15, 0.2) is 66.0 Å². The molecule has 0 radical (unpaired) electrons. The van der Waals surface area contributed by atoms with Crippen molar-refractivity contribution in [2.45, 2.75) is 24.3 Å². The van der Waals surface area contributed by atoms with Gasteiger partial charge in [-0.3, -0.25) is 14.2 Å². The highest BCUT2D eigenvalue weighted by molar-refractivity contribution is 7.92. The fourth-order valence-electron chi connectivity index (χ4n) is 4.28. The van der Waals surface area contributed by atoms with Crippen LogP contribution in [-0.4, -0.2) is 45.5 Å². The largest absolute Gasteiger partial charge is 0.348 e. The van der Waals surface area contributed by atoms with E-state index < -0.39 is 21.9 Å². The van der Waals surface area contributed by atoms with Gasteiger partial charge in [0.25, 0.3) is 15.9 Å². The summed E-state index contributed by atoms with van der Waals surface area (Å²) in [6, 6.07) is 11.4. The van der Waals surface area contributed by atoms with Crippen LogP contribution >= 0.6 is 0 Å². The molecule has 180 valence electrons. The number of carbonyl (C=O) groups excluding carboxylic acids is 1. The highest BCUT2D eigenvalue weighted by Gasteiger charge is 2.36. The molecular weight excluding hydrogens is 471 g/mol. The number of aromatic amines is 1. The smallest absolute Gasteiger partial charge is 0.261 e. The van der Waals surface area contributed by atoms with Crippen molar-refractivity contribution in [1.29, 1.82) is 0 Å². The third-order valence-electron chi connectivity index (χ3n) is 6.14. The van der Waals surface area contributed by atoms with Crippen molar-refractivity contribution in [3.8, 4) is 0 Å². The maximum atomic E-state index is 13.9. The molecule has 0 bridgehead atoms. The lowest BCUT2D eigenvalue weighted by molar-refractivity contribution is 0.0684. The van der Waals surface area contributed by atoms with E-state index in [4.69, 9.17) is 0 Å². The Balaban J connectivity index is 1.45. The molecule has 11 heteroatoms. The topological polar surface area (TPSA) is 113 Å². The van der Waals surface area contributed by atoms with Gasteiger partial charge in [0.15, 0.2) is 0 Å². The number of aryl methyl sites for hydroxylation is 2. The molecule has 1 amide bonds. The second kappa shape index (κ2) is 8.66. The first-order valence-electron chi connectivity index (χ1n) is 10.9. The predicted molar refractivity (Wildman–Crippen MR) is 127 cm³/mol. The van der Waals surface area contributed by atoms with Gasteiger partial charge in [-0.25, -0.2) is 17.8 Å². The molecule has 1 atom stereocenters. The van der Waals surface area contributed by atoms with E-state index in [1.54, 1.807) is 47.2 Å². The summed E-state index contributed by atoms with van der Waals surface area (Å²) in [5, 5.41) is 4.25. The summed E-state index contributed by atoms with van der Waals surface area (Å²) in [5.41, 5.74) is 3.39. The number of nitrogens with zero attached hydrogens (tertiary/aromatic N) is 4. The SMILES string of the molecule is Cc1ccc(S(=O)(=O)Nc2cccc(C(=O)N3CCc4[nH]cnc4C3c3ccnn3C)c2)cc1F. The number of hydrogen-bond donors (Lipinski definition) is 2. The second-order valence-electron chi connectivity index (χ2n) is 8.39. The molecule has 1 unspecified atom stereocenters. The quantitative estimate of drug-likeness (QED) is 0.443. The Hall–Kier alpha value is -3.99. The minimum atomic E-state index is -4.04. The van der Waals surface area contributed by atoms with Gasteiger partial charge >= 0.3 is 0 Å². The van der Waals surface area contributed by atoms with Crippen LogP contribution in [-0.2, 0) is 23.5 Å². The van der Waals surface area contributed by atoms with Crippen LogP contribution < -0.4 is 4.72 Å². The first-order valence-corrected chi connectivity index (χ1v) is 12.4. The maximum absolute atomic E-state index is 13.9. The molecule has 0 fully saturated rings. The third kappa shape index (κ3) is 4.18. The highest BCUT2D eigenvalue weighted by Crippen LogP contribution is 2.34. The van der Waals surface area contributed by atoms with Gasteiger partial charge in [-0.15, -0.1) is 0 Å². The lowest BCUT2D eigenvalue weighted by Gasteiger charge is -2.35. The van der Waals surface area contributed by atoms with Gasteiger partial charge in [0.2, 0.25) is 0 Å². The van der Waals surface area contributed by atoms with E-state index in [9.17, 15) is 17.6 Å². The molecule has 0 spiro atoms. The van der Waals surface area contributed by atoms with Crippen molar-refractivity contribution in [2.24, 2.45) is 7.05 Å². The Kier molecular flexibility index (Phi) is 5.64. The van der Waals surface area contributed by atoms with Gasteiger partial charge in [-0.2, -0.15) is 5.10 Å². The molecular formula is C24H23FN6O3S. The van der Waals surface area contributed by atoms with Crippen molar-refractivity contribution in [3.63, 3.8) is 0 Å². The van der Waals surface area contributed by atoms with Gasteiger partial charge < -0.3 is 9.88 Å². The van der Waals surface area contributed by atoms with Gasteiger partial charge in [0.1, 0.15) is 11.9 Å². The molecule has 2 aromatic carbocycles. The molecule has 0 saturated heterocycles. The number of hydrogen-bond acceptors (Lipinski definition) is 5. The lowest BCUT2D eigenvalue weighted by atomic mass is 9.98. The Morgan fingerprint density at radius 2 is 2.03 bits per heavy atom. The number of sulfonamides is 1. The van der Waals surface area contributed by atoms with E-state index in [1.807, 2.05) is 13.1 Å². The van der Waals surface area contributed by atoms with Gasteiger partial charge in [-0.05, 0) is 48.9 Å². The van der Waals surface area contributed by atoms with Crippen molar-refractivity contribution in [1.82, 2.24) is 24.6 Å². The van der Waals surface area contributed by atoms with Crippen molar-refractivity contribution in [3.05, 3.63) is 95.1 Å². The normalized spacial score (nSPS) is 15.6. The summed E-state index contributed by atoms with van der Waals surface area (Å²) >= 11 is 0. The number of aromatic nitrogens is 4. The Morgan fingerprint density at radius 1 is 1.20 bits per heavy atom. The number of H-pyrrole nitrogens is 1. The first kappa shape index (κ1) is 22.8. The average molecular weight is 495 g/mol. The zero-order valence-corrected chi connectivity index (χ0v) is 19.9. The molecule has 0 saturated carbocycles. The standard InChI is InChI=1S/C24H23FN6O3S/c1-15-6-7-18(13-19(15)25)35(33,34)29-17-5-3-4-16(12-17)24(32)31-11-9-20-22(27-14-26-20)23(31)21-8-10-28-30(21)2/h3-8,10,12-14,23,29H,9,11H2,1-2H3,(H,26,27). The van der Waals surface area contributed by atoms with E-state index in [0.29, 0.717) is 24.1 Å². The van der Waals surface area contributed by atoms with E-state index in [-0.39, 0.29) is 16.5 Å². The molecule has 2 N–H and O–H groups in total. The zero-order valence-electron chi connectivity index (χ0n) is 19.1. The van der Waals surface area contributed by atoms with Crippen LogP contribution in [0.2, 0.25) is 0 Å². The summed E-state index contributed by atoms with van der Waals surface area (Å²) in [7, 11) is -2.24. The van der Waals surface area contributed by atoms with E-state index in [2.05, 4.69) is 19.8 Å². The van der Waals surface area contributed by atoms with Gasteiger partial charge in [-0.1, -0.05) is 12.1 Å². The number of amides is 1. The van der Waals surface area contributed by atoms with Crippen LogP contribution in [0, 0.1) is 12.7 Å². The molecule has 9 nitrogen and oxygen atoms in total. The predicted octanol–water partition coefficient (Wildman–Crippen LogP) is 3.18. The molecule has 35 heavy (non-hydrogen) atoms. The second-order valence-corrected chi connectivity index (χ2v) is 10.1. The van der Waals surface area contributed by atoms with Crippen molar-refractivity contribution >= 4 is 21.6 Å². The number of nitrogens with one attached hydrogen (secondary N) is 2. The Morgan fingerprint density at radius 3 is 2.77 bits per heavy atom. The van der Waals surface area contributed by atoms with E-state index in [0.717, 1.165) is 23.1 Å².